The van der Waals surface area contributed by atoms with Gasteiger partial charge in [-0.1, -0.05) is 36.4 Å². The van der Waals surface area contributed by atoms with E-state index in [9.17, 15) is 23.2 Å². The second kappa shape index (κ2) is 12.2. The third-order valence-corrected chi connectivity index (χ3v) is 9.06. The lowest BCUT2D eigenvalue weighted by Crippen LogP contribution is -2.53. The Bertz CT molecular complexity index is 1720. The summed E-state index contributed by atoms with van der Waals surface area (Å²) in [5.41, 5.74) is 2.17. The lowest BCUT2D eigenvalue weighted by Gasteiger charge is -2.35. The van der Waals surface area contributed by atoms with Crippen LogP contribution < -0.4 is 4.90 Å². The van der Waals surface area contributed by atoms with Crippen molar-refractivity contribution in [1.29, 1.82) is 0 Å². The Morgan fingerprint density at radius 2 is 1.55 bits per heavy atom. The van der Waals surface area contributed by atoms with E-state index in [2.05, 4.69) is 0 Å². The van der Waals surface area contributed by atoms with E-state index in [1.54, 1.807) is 9.80 Å². The highest BCUT2D eigenvalue weighted by Crippen LogP contribution is 2.49. The second-order valence-electron chi connectivity index (χ2n) is 10.6. The number of anilines is 1. The van der Waals surface area contributed by atoms with Crippen LogP contribution in [0.15, 0.2) is 72.8 Å². The summed E-state index contributed by atoms with van der Waals surface area (Å²) in [6.07, 6.45) is 0. The summed E-state index contributed by atoms with van der Waals surface area (Å²) in [5, 5.41) is 4.09. The van der Waals surface area contributed by atoms with Gasteiger partial charge >= 0.3 is 0 Å². The van der Waals surface area contributed by atoms with E-state index in [4.69, 9.17) is 5.10 Å². The molecule has 6 rings (SSSR count). The molecule has 0 aliphatic carbocycles. The molecular weight excluding hydrogens is 591 g/mol. The molecule has 0 bridgehead atoms. The maximum Gasteiger partial charge on any atom is 0.242 e. The van der Waals surface area contributed by atoms with E-state index < -0.39 is 28.6 Å². The average molecular weight is 620 g/mol. The summed E-state index contributed by atoms with van der Waals surface area (Å²) in [4.78, 5) is 43.9. The van der Waals surface area contributed by atoms with E-state index in [0.29, 0.717) is 48.7 Å². The molecule has 0 saturated carbocycles. The maximum atomic E-state index is 15.4. The molecule has 2 aliphatic rings. The van der Waals surface area contributed by atoms with Gasteiger partial charge in [-0.3, -0.25) is 19.3 Å². The number of rotatable bonds is 5. The summed E-state index contributed by atoms with van der Waals surface area (Å²) < 4.78 is 44.9. The predicted molar refractivity (Wildman–Crippen MR) is 161 cm³/mol. The van der Waals surface area contributed by atoms with E-state index in [1.165, 1.54) is 52.9 Å². The molecule has 3 aromatic carbocycles. The molecule has 3 heterocycles. The molecule has 2 aliphatic heterocycles. The van der Waals surface area contributed by atoms with Crippen LogP contribution in [0.2, 0.25) is 0 Å². The highest BCUT2D eigenvalue weighted by molar-refractivity contribution is 8.00. The highest BCUT2D eigenvalue weighted by atomic mass is 32.2. The van der Waals surface area contributed by atoms with Gasteiger partial charge in [0.05, 0.1) is 22.4 Å². The van der Waals surface area contributed by atoms with Gasteiger partial charge < -0.3 is 9.80 Å². The Morgan fingerprint density at radius 3 is 2.20 bits per heavy atom. The fourth-order valence-electron chi connectivity index (χ4n) is 5.56. The molecule has 4 aromatic rings. The fourth-order valence-corrected chi connectivity index (χ4v) is 6.78. The number of fused-ring (bicyclic) bond motifs is 1. The number of nitrogens with zero attached hydrogens (tertiary/aromatic N) is 5. The summed E-state index contributed by atoms with van der Waals surface area (Å²) in [5.74, 6) is -2.63. The minimum atomic E-state index is -0.793. The SMILES string of the molecule is CC(=O)N1CCN(C(=O)CN2C(=O)CS[C@H](c3ccc(F)cc3F)c3c(-c4ccccc4)nn(-c4ccc(F)cc4)c32)CC1. The third kappa shape index (κ3) is 5.69. The number of carbonyl (C=O) groups is 3. The van der Waals surface area contributed by atoms with Crippen molar-refractivity contribution in [2.75, 3.05) is 43.4 Å². The summed E-state index contributed by atoms with van der Waals surface area (Å²) in [6.45, 7) is 2.55. The van der Waals surface area contributed by atoms with Gasteiger partial charge in [-0.05, 0) is 30.3 Å². The molecular formula is C32H28F3N5O3S. The van der Waals surface area contributed by atoms with Crippen LogP contribution in [0, 0.1) is 17.5 Å². The molecule has 0 unspecified atom stereocenters. The van der Waals surface area contributed by atoms with Crippen molar-refractivity contribution in [3.63, 3.8) is 0 Å². The predicted octanol–water partition coefficient (Wildman–Crippen LogP) is 4.82. The van der Waals surface area contributed by atoms with Crippen molar-refractivity contribution in [3.8, 4) is 16.9 Å². The van der Waals surface area contributed by atoms with E-state index in [1.807, 2.05) is 30.3 Å². The smallest absolute Gasteiger partial charge is 0.242 e. The summed E-state index contributed by atoms with van der Waals surface area (Å²) in [6, 6.07) is 18.0. The van der Waals surface area contributed by atoms with Gasteiger partial charge in [-0.2, -0.15) is 5.10 Å². The van der Waals surface area contributed by atoms with Crippen molar-refractivity contribution in [2.45, 2.75) is 12.2 Å². The molecule has 1 fully saturated rings. The van der Waals surface area contributed by atoms with Crippen LogP contribution in [-0.2, 0) is 14.4 Å². The molecule has 1 saturated heterocycles. The average Bonchev–Trinajstić information content (AvgIpc) is 3.35. The number of amides is 3. The first-order chi connectivity index (χ1) is 21.2. The second-order valence-corrected chi connectivity index (χ2v) is 11.7. The summed E-state index contributed by atoms with van der Waals surface area (Å²) in [7, 11) is 0. The fraction of sp³-hybridized carbons (Fsp3) is 0.250. The molecule has 0 radical (unpaired) electrons. The number of thioether (sulfide) groups is 1. The van der Waals surface area contributed by atoms with Crippen LogP contribution in [0.25, 0.3) is 16.9 Å². The number of aromatic nitrogens is 2. The van der Waals surface area contributed by atoms with Gasteiger partial charge in [0.2, 0.25) is 17.7 Å². The van der Waals surface area contributed by atoms with Crippen molar-refractivity contribution in [1.82, 2.24) is 19.6 Å². The molecule has 226 valence electrons. The molecule has 44 heavy (non-hydrogen) atoms. The van der Waals surface area contributed by atoms with Gasteiger partial charge in [0.25, 0.3) is 0 Å². The van der Waals surface area contributed by atoms with Crippen molar-refractivity contribution < 1.29 is 27.6 Å². The lowest BCUT2D eigenvalue weighted by atomic mass is 9.99. The van der Waals surface area contributed by atoms with Crippen LogP contribution in [0.5, 0.6) is 0 Å². The number of hydrogen-bond acceptors (Lipinski definition) is 5. The Balaban J connectivity index is 1.52. The first-order valence-electron chi connectivity index (χ1n) is 14.1. The van der Waals surface area contributed by atoms with Crippen LogP contribution in [0.1, 0.15) is 23.3 Å². The zero-order valence-electron chi connectivity index (χ0n) is 23.8. The minimum Gasteiger partial charge on any atom is -0.339 e. The minimum absolute atomic E-state index is 0.0721. The van der Waals surface area contributed by atoms with Gasteiger partial charge in [0, 0.05) is 55.9 Å². The van der Waals surface area contributed by atoms with Crippen molar-refractivity contribution >= 4 is 35.3 Å². The molecule has 1 aromatic heterocycles. The standard InChI is InChI=1S/C32H28F3N5O3S/c1-20(41)37-13-15-38(16-14-37)27(42)18-39-28(43)19-44-31(25-12-9-23(34)17-26(25)35)29-30(21-5-3-2-4-6-21)36-40(32(29)39)24-10-7-22(33)8-11-24/h2-12,17,31H,13-16,18-19H2,1H3/t31-/m1/s1. The highest BCUT2D eigenvalue weighted by Gasteiger charge is 2.39. The normalized spacial score (nSPS) is 17.0. The van der Waals surface area contributed by atoms with Crippen molar-refractivity contribution in [2.24, 2.45) is 0 Å². The lowest BCUT2D eigenvalue weighted by molar-refractivity contribution is -0.137. The summed E-state index contributed by atoms with van der Waals surface area (Å²) >= 11 is 1.16. The van der Waals surface area contributed by atoms with Crippen molar-refractivity contribution in [3.05, 3.63) is 101 Å². The van der Waals surface area contributed by atoms with Gasteiger partial charge in [0.15, 0.2) is 0 Å². The monoisotopic (exact) mass is 619 g/mol. The third-order valence-electron chi connectivity index (χ3n) is 7.82. The molecule has 12 heteroatoms. The zero-order chi connectivity index (χ0) is 31.0. The van der Waals surface area contributed by atoms with Gasteiger partial charge in [-0.15, -0.1) is 11.8 Å². The van der Waals surface area contributed by atoms with Gasteiger partial charge in [0.1, 0.15) is 29.8 Å². The van der Waals surface area contributed by atoms with Crippen LogP contribution >= 0.6 is 11.8 Å². The van der Waals surface area contributed by atoms with Crippen LogP contribution in [-0.4, -0.2) is 75.8 Å². The van der Waals surface area contributed by atoms with Crippen LogP contribution in [0.4, 0.5) is 19.0 Å². The van der Waals surface area contributed by atoms with E-state index in [-0.39, 0.29) is 35.5 Å². The topological polar surface area (TPSA) is 78.8 Å². The molecule has 1 atom stereocenters. The molecule has 0 spiro atoms. The molecule has 0 N–H and O–H groups in total. The Morgan fingerprint density at radius 1 is 0.886 bits per heavy atom. The first kappa shape index (κ1) is 29.5. The van der Waals surface area contributed by atoms with E-state index in [0.717, 1.165) is 17.8 Å². The zero-order valence-corrected chi connectivity index (χ0v) is 24.6. The number of piperazine rings is 1. The first-order valence-corrected chi connectivity index (χ1v) is 15.1. The number of hydrogen-bond donors (Lipinski definition) is 0. The van der Waals surface area contributed by atoms with Gasteiger partial charge in [-0.25, -0.2) is 17.9 Å². The largest absolute Gasteiger partial charge is 0.339 e. The Hall–Kier alpha value is -4.58. The Kier molecular flexibility index (Phi) is 8.17. The quantitative estimate of drug-likeness (QED) is 0.320. The number of carbonyl (C=O) groups excluding carboxylic acids is 3. The van der Waals surface area contributed by atoms with Crippen LogP contribution in [0.3, 0.4) is 0 Å². The maximum absolute atomic E-state index is 15.4. The molecule has 3 amide bonds. The number of benzene rings is 3. The Labute approximate surface area is 256 Å². The molecule has 8 nitrogen and oxygen atoms in total. The number of halogens is 3. The van der Waals surface area contributed by atoms with E-state index >= 15 is 4.39 Å².